The Morgan fingerprint density at radius 3 is 2.57 bits per heavy atom. The zero-order valence-electron chi connectivity index (χ0n) is 21.1. The molecule has 0 radical (unpaired) electrons. The number of likely N-dealkylation sites (tertiary alicyclic amines) is 1. The molecule has 9 heteroatoms. The fraction of sp³-hybridized carbons (Fsp3) is 0.577. The largest absolute Gasteiger partial charge is 0.493 e. The average molecular weight is 489 g/mol. The summed E-state index contributed by atoms with van der Waals surface area (Å²) in [7, 11) is 6.06. The summed E-state index contributed by atoms with van der Waals surface area (Å²) < 4.78 is 21.0. The van der Waals surface area contributed by atoms with Crippen LogP contribution in [0.15, 0.2) is 30.0 Å². The number of esters is 1. The third-order valence-electron chi connectivity index (χ3n) is 6.88. The van der Waals surface area contributed by atoms with E-state index in [1.165, 1.54) is 7.11 Å². The topological polar surface area (TPSA) is 103 Å². The Hall–Kier alpha value is -3.07. The van der Waals surface area contributed by atoms with Crippen molar-refractivity contribution in [1.29, 1.82) is 0 Å². The quantitative estimate of drug-likeness (QED) is 0.377. The molecule has 0 saturated carbocycles. The predicted octanol–water partition coefficient (Wildman–Crippen LogP) is 2.82. The smallest absolute Gasteiger partial charge is 0.318 e. The van der Waals surface area contributed by atoms with Crippen molar-refractivity contribution < 1.29 is 33.3 Å². The SMILES string of the molecule is COCCCN1C(=O)[C@H](CC(=O)NCc2ccc(OC)c(OC)c2)[C@]2(C(=O)OC)CCCCC=C12. The minimum absolute atomic E-state index is 0.0979. The molecule has 0 spiro atoms. The Morgan fingerprint density at radius 1 is 1.11 bits per heavy atom. The number of nitrogens with zero attached hydrogens (tertiary/aromatic N) is 1. The van der Waals surface area contributed by atoms with E-state index in [9.17, 15) is 14.4 Å². The van der Waals surface area contributed by atoms with Crippen LogP contribution in [0.25, 0.3) is 0 Å². The minimum atomic E-state index is -1.14. The Kier molecular flexibility index (Phi) is 9.14. The number of rotatable bonds is 11. The highest BCUT2D eigenvalue weighted by molar-refractivity contribution is 5.98. The number of methoxy groups -OCH3 is 4. The fourth-order valence-electron chi connectivity index (χ4n) is 5.16. The number of hydrogen-bond acceptors (Lipinski definition) is 7. The summed E-state index contributed by atoms with van der Waals surface area (Å²) in [4.78, 5) is 41.5. The van der Waals surface area contributed by atoms with Crippen LogP contribution in [0.2, 0.25) is 0 Å². The highest BCUT2D eigenvalue weighted by atomic mass is 16.5. The van der Waals surface area contributed by atoms with E-state index in [4.69, 9.17) is 18.9 Å². The first-order valence-corrected chi connectivity index (χ1v) is 12.0. The maximum absolute atomic E-state index is 13.6. The van der Waals surface area contributed by atoms with Crippen molar-refractivity contribution in [2.45, 2.75) is 45.1 Å². The first kappa shape index (κ1) is 26.5. The molecule has 2 atom stereocenters. The molecular weight excluding hydrogens is 452 g/mol. The average Bonchev–Trinajstić information content (AvgIpc) is 3.01. The number of ether oxygens (including phenoxy) is 4. The van der Waals surface area contributed by atoms with Gasteiger partial charge in [0.25, 0.3) is 0 Å². The van der Waals surface area contributed by atoms with E-state index in [0.717, 1.165) is 24.8 Å². The molecule has 35 heavy (non-hydrogen) atoms. The standard InChI is InChI=1S/C26H36N2O7/c1-32-14-8-13-28-22-9-6-5-7-12-26(22,25(31)35-4)19(24(28)30)16-23(29)27-17-18-10-11-20(33-2)21(15-18)34-3/h9-11,15,19H,5-8,12-14,16-17H2,1-4H3,(H,27,29)/t19-,26+/m0/s1. The minimum Gasteiger partial charge on any atom is -0.493 e. The van der Waals surface area contributed by atoms with E-state index in [0.29, 0.717) is 43.2 Å². The molecule has 1 aromatic rings. The van der Waals surface area contributed by atoms with E-state index in [1.54, 1.807) is 38.4 Å². The van der Waals surface area contributed by atoms with Gasteiger partial charge in [-0.3, -0.25) is 14.4 Å². The van der Waals surface area contributed by atoms with Crippen molar-refractivity contribution >= 4 is 17.8 Å². The van der Waals surface area contributed by atoms with Gasteiger partial charge in [-0.1, -0.05) is 18.6 Å². The van der Waals surface area contributed by atoms with E-state index in [2.05, 4.69) is 5.32 Å². The van der Waals surface area contributed by atoms with E-state index >= 15 is 0 Å². The molecule has 2 aliphatic rings. The van der Waals surface area contributed by atoms with Gasteiger partial charge >= 0.3 is 5.97 Å². The Labute approximate surface area is 206 Å². The lowest BCUT2D eigenvalue weighted by molar-refractivity contribution is -0.155. The number of nitrogens with one attached hydrogen (secondary N) is 1. The number of carbonyl (C=O) groups excluding carboxylic acids is 3. The van der Waals surface area contributed by atoms with Gasteiger partial charge in [0.1, 0.15) is 5.41 Å². The molecule has 192 valence electrons. The van der Waals surface area contributed by atoms with Gasteiger partial charge in [-0.2, -0.15) is 0 Å². The summed E-state index contributed by atoms with van der Waals surface area (Å²) in [6, 6.07) is 5.40. The van der Waals surface area contributed by atoms with Crippen molar-refractivity contribution in [3.63, 3.8) is 0 Å². The molecule has 1 aliphatic carbocycles. The summed E-state index contributed by atoms with van der Waals surface area (Å²) in [6.45, 7) is 1.19. The summed E-state index contributed by atoms with van der Waals surface area (Å²) in [5, 5.41) is 2.89. The maximum Gasteiger partial charge on any atom is 0.318 e. The third kappa shape index (κ3) is 5.45. The summed E-state index contributed by atoms with van der Waals surface area (Å²) in [5.74, 6) is -0.613. The highest BCUT2D eigenvalue weighted by Crippen LogP contribution is 2.53. The predicted molar refractivity (Wildman–Crippen MR) is 129 cm³/mol. The second-order valence-corrected chi connectivity index (χ2v) is 8.86. The molecule has 0 bridgehead atoms. The maximum atomic E-state index is 13.6. The van der Waals surface area contributed by atoms with Gasteiger partial charge in [0.15, 0.2) is 11.5 Å². The van der Waals surface area contributed by atoms with Crippen LogP contribution in [0.5, 0.6) is 11.5 Å². The number of amides is 2. The van der Waals surface area contributed by atoms with E-state index < -0.39 is 17.3 Å². The molecule has 0 aromatic heterocycles. The van der Waals surface area contributed by atoms with Crippen molar-refractivity contribution in [1.82, 2.24) is 10.2 Å². The zero-order chi connectivity index (χ0) is 25.4. The van der Waals surface area contributed by atoms with Crippen LogP contribution in [0.3, 0.4) is 0 Å². The van der Waals surface area contributed by atoms with Crippen LogP contribution in [0.1, 0.15) is 44.1 Å². The lowest BCUT2D eigenvalue weighted by Crippen LogP contribution is -2.41. The molecule has 1 N–H and O–H groups in total. The normalized spacial score (nSPS) is 21.6. The number of hydrogen-bond donors (Lipinski definition) is 1. The van der Waals surface area contributed by atoms with Crippen molar-refractivity contribution in [3.05, 3.63) is 35.5 Å². The van der Waals surface area contributed by atoms with Crippen molar-refractivity contribution in [3.8, 4) is 11.5 Å². The van der Waals surface area contributed by atoms with Crippen LogP contribution >= 0.6 is 0 Å². The molecule has 1 aromatic carbocycles. The second-order valence-electron chi connectivity index (χ2n) is 8.86. The number of allylic oxidation sites excluding steroid dienone is 1. The van der Waals surface area contributed by atoms with Crippen LogP contribution in [-0.2, 0) is 30.4 Å². The van der Waals surface area contributed by atoms with Gasteiger partial charge in [0, 0.05) is 38.9 Å². The molecule has 3 rings (SSSR count). The first-order valence-electron chi connectivity index (χ1n) is 12.0. The molecule has 1 heterocycles. The molecule has 2 amide bonds. The first-order chi connectivity index (χ1) is 16.9. The summed E-state index contributed by atoms with van der Waals surface area (Å²) in [6.07, 6.45) is 5.47. The van der Waals surface area contributed by atoms with E-state index in [1.807, 2.05) is 12.1 Å². The fourth-order valence-corrected chi connectivity index (χ4v) is 5.16. The number of benzene rings is 1. The Morgan fingerprint density at radius 2 is 1.89 bits per heavy atom. The Bertz CT molecular complexity index is 961. The van der Waals surface area contributed by atoms with Gasteiger partial charge < -0.3 is 29.2 Å². The molecular formula is C26H36N2O7. The van der Waals surface area contributed by atoms with Gasteiger partial charge in [0.05, 0.1) is 27.2 Å². The monoisotopic (exact) mass is 488 g/mol. The number of fused-ring (bicyclic) bond motifs is 1. The van der Waals surface area contributed by atoms with Crippen LogP contribution in [0, 0.1) is 11.3 Å². The van der Waals surface area contributed by atoms with Gasteiger partial charge in [-0.25, -0.2) is 0 Å². The lowest BCUT2D eigenvalue weighted by Gasteiger charge is -2.31. The Balaban J connectivity index is 1.82. The number of carbonyl (C=O) groups is 3. The summed E-state index contributed by atoms with van der Waals surface area (Å²) >= 11 is 0. The molecule has 1 saturated heterocycles. The zero-order valence-corrected chi connectivity index (χ0v) is 21.1. The van der Waals surface area contributed by atoms with Crippen molar-refractivity contribution in [2.24, 2.45) is 11.3 Å². The van der Waals surface area contributed by atoms with Crippen LogP contribution < -0.4 is 14.8 Å². The lowest BCUT2D eigenvalue weighted by atomic mass is 9.71. The molecule has 1 fully saturated rings. The van der Waals surface area contributed by atoms with Gasteiger partial charge in [-0.15, -0.1) is 0 Å². The van der Waals surface area contributed by atoms with E-state index in [-0.39, 0.29) is 24.8 Å². The molecule has 9 nitrogen and oxygen atoms in total. The second kappa shape index (κ2) is 12.1. The highest BCUT2D eigenvalue weighted by Gasteiger charge is 2.61. The van der Waals surface area contributed by atoms with Crippen LogP contribution in [0.4, 0.5) is 0 Å². The summed E-state index contributed by atoms with van der Waals surface area (Å²) in [5.41, 5.74) is 0.365. The molecule has 0 unspecified atom stereocenters. The van der Waals surface area contributed by atoms with Gasteiger partial charge in [0.2, 0.25) is 11.8 Å². The van der Waals surface area contributed by atoms with Crippen molar-refractivity contribution in [2.75, 3.05) is 41.6 Å². The van der Waals surface area contributed by atoms with Gasteiger partial charge in [-0.05, 0) is 43.4 Å². The molecule has 1 aliphatic heterocycles. The third-order valence-corrected chi connectivity index (χ3v) is 6.88. The van der Waals surface area contributed by atoms with Crippen LogP contribution in [-0.4, -0.2) is 64.3 Å².